The van der Waals surface area contributed by atoms with Gasteiger partial charge in [-0.05, 0) is 26.7 Å². The van der Waals surface area contributed by atoms with E-state index in [-0.39, 0.29) is 12.8 Å². The Morgan fingerprint density at radius 2 is 0.730 bits per heavy atom. The molecule has 2 unspecified atom stereocenters. The van der Waals surface area contributed by atoms with Crippen molar-refractivity contribution in [3.8, 4) is 0 Å². The minimum absolute atomic E-state index is 0.230. The van der Waals surface area contributed by atoms with E-state index in [9.17, 15) is 19.2 Å². The molecule has 7 nitrogen and oxygen atoms in total. The standard InChI is InChI=1S/C30H54O7/c1-5-7-9-11-13-15-17-19-21-23-27(31)35-25(3)29(33)37-30(34)26(4)36-28(32)24-22-20-18-16-14-12-10-8-6-2/h25-26H,5-24H2,1-4H3. The van der Waals surface area contributed by atoms with Crippen molar-refractivity contribution >= 4 is 23.9 Å². The molecular formula is C30H54O7. The summed E-state index contributed by atoms with van der Waals surface area (Å²) in [6, 6.07) is 0. The molecular weight excluding hydrogens is 472 g/mol. The smallest absolute Gasteiger partial charge is 0.354 e. The summed E-state index contributed by atoms with van der Waals surface area (Å²) in [5.41, 5.74) is 0. The van der Waals surface area contributed by atoms with Crippen LogP contribution in [0.5, 0.6) is 0 Å². The molecule has 0 rings (SSSR count). The van der Waals surface area contributed by atoms with Gasteiger partial charge < -0.3 is 14.2 Å². The Morgan fingerprint density at radius 3 is 1.03 bits per heavy atom. The minimum Gasteiger partial charge on any atom is -0.451 e. The highest BCUT2D eigenvalue weighted by atomic mass is 16.6. The van der Waals surface area contributed by atoms with E-state index in [4.69, 9.17) is 14.2 Å². The van der Waals surface area contributed by atoms with Crippen molar-refractivity contribution < 1.29 is 33.4 Å². The van der Waals surface area contributed by atoms with Crippen LogP contribution in [0.1, 0.15) is 156 Å². The summed E-state index contributed by atoms with van der Waals surface area (Å²) >= 11 is 0. The number of ether oxygens (including phenoxy) is 3. The van der Waals surface area contributed by atoms with E-state index in [0.29, 0.717) is 12.8 Å². The molecule has 0 saturated heterocycles. The van der Waals surface area contributed by atoms with Crippen LogP contribution in [-0.2, 0) is 33.4 Å². The van der Waals surface area contributed by atoms with Gasteiger partial charge in [-0.15, -0.1) is 0 Å². The van der Waals surface area contributed by atoms with E-state index in [1.807, 2.05) is 0 Å². The predicted octanol–water partition coefficient (Wildman–Crippen LogP) is 7.76. The molecule has 0 amide bonds. The fraction of sp³-hybridized carbons (Fsp3) is 0.867. The maximum atomic E-state index is 12.1. The first-order valence-electron chi connectivity index (χ1n) is 15.0. The minimum atomic E-state index is -1.19. The molecule has 37 heavy (non-hydrogen) atoms. The van der Waals surface area contributed by atoms with Crippen LogP contribution in [0.2, 0.25) is 0 Å². The Balaban J connectivity index is 3.90. The first kappa shape index (κ1) is 35.1. The summed E-state index contributed by atoms with van der Waals surface area (Å²) in [4.78, 5) is 48.1. The maximum absolute atomic E-state index is 12.1. The van der Waals surface area contributed by atoms with Crippen LogP contribution in [0.3, 0.4) is 0 Å². The van der Waals surface area contributed by atoms with Crippen LogP contribution in [-0.4, -0.2) is 36.1 Å². The van der Waals surface area contributed by atoms with Gasteiger partial charge >= 0.3 is 23.9 Å². The van der Waals surface area contributed by atoms with Crippen LogP contribution in [0, 0.1) is 0 Å². The van der Waals surface area contributed by atoms with E-state index >= 15 is 0 Å². The van der Waals surface area contributed by atoms with Crippen molar-refractivity contribution in [1.29, 1.82) is 0 Å². The van der Waals surface area contributed by atoms with Crippen molar-refractivity contribution in [2.24, 2.45) is 0 Å². The number of unbranched alkanes of at least 4 members (excludes halogenated alkanes) is 16. The zero-order chi connectivity index (χ0) is 27.7. The average molecular weight is 527 g/mol. The van der Waals surface area contributed by atoms with Gasteiger partial charge in [0.05, 0.1) is 0 Å². The average Bonchev–Trinajstić information content (AvgIpc) is 2.86. The van der Waals surface area contributed by atoms with Gasteiger partial charge in [-0.3, -0.25) is 9.59 Å². The van der Waals surface area contributed by atoms with Gasteiger partial charge in [-0.2, -0.15) is 0 Å². The molecule has 0 aliphatic heterocycles. The molecule has 0 aromatic rings. The summed E-state index contributed by atoms with van der Waals surface area (Å²) in [6.07, 6.45) is 18.6. The van der Waals surface area contributed by atoms with Gasteiger partial charge in [0.1, 0.15) is 0 Å². The maximum Gasteiger partial charge on any atom is 0.354 e. The lowest BCUT2D eigenvalue weighted by molar-refractivity contribution is -0.180. The molecule has 0 aliphatic rings. The lowest BCUT2D eigenvalue weighted by atomic mass is 10.1. The molecule has 0 saturated carbocycles. The van der Waals surface area contributed by atoms with E-state index in [1.165, 1.54) is 90.9 Å². The second kappa shape index (κ2) is 24.4. The number of hydrogen-bond acceptors (Lipinski definition) is 7. The highest BCUT2D eigenvalue weighted by Crippen LogP contribution is 2.13. The second-order valence-electron chi connectivity index (χ2n) is 10.2. The van der Waals surface area contributed by atoms with Crippen LogP contribution in [0.4, 0.5) is 0 Å². The monoisotopic (exact) mass is 526 g/mol. The van der Waals surface area contributed by atoms with Crippen molar-refractivity contribution in [3.05, 3.63) is 0 Å². The fourth-order valence-electron chi connectivity index (χ4n) is 4.03. The normalized spacial score (nSPS) is 12.5. The van der Waals surface area contributed by atoms with Gasteiger partial charge in [0.15, 0.2) is 12.2 Å². The van der Waals surface area contributed by atoms with Crippen LogP contribution in [0.25, 0.3) is 0 Å². The van der Waals surface area contributed by atoms with Crippen LogP contribution >= 0.6 is 0 Å². The zero-order valence-electron chi connectivity index (χ0n) is 24.2. The van der Waals surface area contributed by atoms with E-state index in [1.54, 1.807) is 0 Å². The summed E-state index contributed by atoms with van der Waals surface area (Å²) in [5.74, 6) is -2.90. The number of rotatable bonds is 24. The van der Waals surface area contributed by atoms with Crippen molar-refractivity contribution in [1.82, 2.24) is 0 Å². The Morgan fingerprint density at radius 1 is 0.459 bits per heavy atom. The second-order valence-corrected chi connectivity index (χ2v) is 10.2. The fourth-order valence-corrected chi connectivity index (χ4v) is 4.03. The Labute approximate surface area is 225 Å². The van der Waals surface area contributed by atoms with Gasteiger partial charge in [-0.1, -0.05) is 117 Å². The molecule has 0 spiro atoms. The number of carbonyl (C=O) groups excluding carboxylic acids is 4. The summed E-state index contributed by atoms with van der Waals surface area (Å²) in [6.45, 7) is 7.14. The van der Waals surface area contributed by atoms with Crippen molar-refractivity contribution in [3.63, 3.8) is 0 Å². The molecule has 2 atom stereocenters. The lowest BCUT2D eigenvalue weighted by Gasteiger charge is -2.15. The van der Waals surface area contributed by atoms with E-state index in [2.05, 4.69) is 13.8 Å². The highest BCUT2D eigenvalue weighted by molar-refractivity contribution is 5.91. The molecule has 0 aromatic carbocycles. The molecule has 0 heterocycles. The Hall–Kier alpha value is -1.92. The van der Waals surface area contributed by atoms with Crippen molar-refractivity contribution in [2.45, 2.75) is 168 Å². The molecule has 0 N–H and O–H groups in total. The van der Waals surface area contributed by atoms with E-state index < -0.39 is 36.1 Å². The number of esters is 4. The topological polar surface area (TPSA) is 96.0 Å². The molecule has 7 heteroatoms. The van der Waals surface area contributed by atoms with Crippen molar-refractivity contribution in [2.75, 3.05) is 0 Å². The quantitative estimate of drug-likeness (QED) is 0.0548. The molecule has 0 aliphatic carbocycles. The first-order chi connectivity index (χ1) is 17.8. The van der Waals surface area contributed by atoms with Crippen LogP contribution in [0.15, 0.2) is 0 Å². The predicted molar refractivity (Wildman–Crippen MR) is 146 cm³/mol. The van der Waals surface area contributed by atoms with Gasteiger partial charge in [-0.25, -0.2) is 9.59 Å². The summed E-state index contributed by atoms with van der Waals surface area (Å²) in [5, 5.41) is 0. The highest BCUT2D eigenvalue weighted by Gasteiger charge is 2.26. The lowest BCUT2D eigenvalue weighted by Crippen LogP contribution is -2.33. The van der Waals surface area contributed by atoms with Gasteiger partial charge in [0.25, 0.3) is 0 Å². The third-order valence-electron chi connectivity index (χ3n) is 6.45. The molecule has 0 fully saturated rings. The molecule has 216 valence electrons. The SMILES string of the molecule is CCCCCCCCCCCC(=O)OC(C)C(=O)OC(=O)C(C)OC(=O)CCCCCCCCCCC. The van der Waals surface area contributed by atoms with Gasteiger partial charge in [0, 0.05) is 12.8 Å². The Kier molecular flexibility index (Phi) is 23.2. The molecule has 0 radical (unpaired) electrons. The largest absolute Gasteiger partial charge is 0.451 e. The summed E-state index contributed by atoms with van der Waals surface area (Å²) in [7, 11) is 0. The third kappa shape index (κ3) is 21.8. The number of carbonyl (C=O) groups is 4. The molecule has 0 bridgehead atoms. The Bertz CT molecular complexity index is 565. The van der Waals surface area contributed by atoms with Crippen LogP contribution < -0.4 is 0 Å². The summed E-state index contributed by atoms with van der Waals surface area (Å²) < 4.78 is 14.9. The third-order valence-corrected chi connectivity index (χ3v) is 6.45. The van der Waals surface area contributed by atoms with Gasteiger partial charge in [0.2, 0.25) is 0 Å². The van der Waals surface area contributed by atoms with E-state index in [0.717, 1.165) is 25.7 Å². The zero-order valence-corrected chi connectivity index (χ0v) is 24.2. The first-order valence-corrected chi connectivity index (χ1v) is 15.0. The number of hydrogen-bond donors (Lipinski definition) is 0. The molecule has 0 aromatic heterocycles.